The number of benzene rings is 1. The first-order chi connectivity index (χ1) is 9.91. The van der Waals surface area contributed by atoms with E-state index in [-0.39, 0.29) is 28.2 Å². The van der Waals surface area contributed by atoms with E-state index < -0.39 is 4.92 Å². The molecule has 1 amide bonds. The lowest BCUT2D eigenvalue weighted by Gasteiger charge is -2.27. The number of nitrogens with zero attached hydrogens (tertiary/aromatic N) is 3. The number of rotatable bonds is 4. The Hall–Kier alpha value is -1.66. The molecule has 1 unspecified atom stereocenters. The number of amides is 1. The van der Waals surface area contributed by atoms with E-state index in [0.29, 0.717) is 6.54 Å². The summed E-state index contributed by atoms with van der Waals surface area (Å²) in [6, 6.07) is 4.47. The maximum atomic E-state index is 12.6. The van der Waals surface area contributed by atoms with Gasteiger partial charge in [-0.25, -0.2) is 0 Å². The Labute approximate surface area is 128 Å². The highest BCUT2D eigenvalue weighted by Crippen LogP contribution is 2.30. The SMILES string of the molecule is CN(C)CC1CCCN1C(=O)c1cccc([N+](=O)[O-])c1Cl. The average molecular weight is 312 g/mol. The Morgan fingerprint density at radius 2 is 2.24 bits per heavy atom. The van der Waals surface area contributed by atoms with Gasteiger partial charge in [0.15, 0.2) is 0 Å². The molecule has 7 heteroatoms. The minimum Gasteiger partial charge on any atom is -0.334 e. The largest absolute Gasteiger partial charge is 0.334 e. The lowest BCUT2D eigenvalue weighted by Crippen LogP contribution is -2.41. The van der Waals surface area contributed by atoms with Crippen molar-refractivity contribution in [2.45, 2.75) is 18.9 Å². The van der Waals surface area contributed by atoms with Gasteiger partial charge in [0.25, 0.3) is 11.6 Å². The molecule has 2 rings (SSSR count). The van der Waals surface area contributed by atoms with Crippen molar-refractivity contribution in [3.05, 3.63) is 38.9 Å². The summed E-state index contributed by atoms with van der Waals surface area (Å²) in [6.45, 7) is 1.44. The Morgan fingerprint density at radius 1 is 1.52 bits per heavy atom. The van der Waals surface area contributed by atoms with E-state index in [1.54, 1.807) is 11.0 Å². The van der Waals surface area contributed by atoms with Crippen molar-refractivity contribution in [3.63, 3.8) is 0 Å². The van der Waals surface area contributed by atoms with Crippen LogP contribution in [0.1, 0.15) is 23.2 Å². The molecule has 21 heavy (non-hydrogen) atoms. The smallest absolute Gasteiger partial charge is 0.288 e. The molecule has 1 aromatic rings. The van der Waals surface area contributed by atoms with Gasteiger partial charge < -0.3 is 9.80 Å². The highest BCUT2D eigenvalue weighted by atomic mass is 35.5. The third-order valence-corrected chi connectivity index (χ3v) is 4.02. The normalized spacial score (nSPS) is 18.3. The zero-order valence-corrected chi connectivity index (χ0v) is 12.8. The third-order valence-electron chi connectivity index (χ3n) is 3.62. The van der Waals surface area contributed by atoms with Crippen molar-refractivity contribution in [2.24, 2.45) is 0 Å². The molecule has 1 aliphatic rings. The summed E-state index contributed by atoms with van der Waals surface area (Å²) in [4.78, 5) is 26.8. The number of nitro benzene ring substituents is 1. The Bertz CT molecular complexity index is 562. The summed E-state index contributed by atoms with van der Waals surface area (Å²) in [7, 11) is 3.92. The lowest BCUT2D eigenvalue weighted by atomic mass is 10.1. The number of hydrogen-bond acceptors (Lipinski definition) is 4. The summed E-state index contributed by atoms with van der Waals surface area (Å²) in [5, 5.41) is 10.8. The molecule has 0 saturated carbocycles. The zero-order valence-electron chi connectivity index (χ0n) is 12.1. The van der Waals surface area contributed by atoms with Crippen molar-refractivity contribution in [1.82, 2.24) is 9.80 Å². The number of carbonyl (C=O) groups excluding carboxylic acids is 1. The summed E-state index contributed by atoms with van der Waals surface area (Å²) >= 11 is 6.03. The molecule has 1 fully saturated rings. The second-order valence-electron chi connectivity index (χ2n) is 5.45. The second kappa shape index (κ2) is 6.41. The molecule has 114 valence electrons. The molecule has 1 heterocycles. The van der Waals surface area contributed by atoms with Crippen LogP contribution in [0.15, 0.2) is 18.2 Å². The lowest BCUT2D eigenvalue weighted by molar-refractivity contribution is -0.384. The fourth-order valence-corrected chi connectivity index (χ4v) is 2.97. The second-order valence-corrected chi connectivity index (χ2v) is 5.83. The van der Waals surface area contributed by atoms with Crippen molar-refractivity contribution < 1.29 is 9.72 Å². The number of carbonyl (C=O) groups is 1. The van der Waals surface area contributed by atoms with Crippen molar-refractivity contribution in [1.29, 1.82) is 0 Å². The van der Waals surface area contributed by atoms with Crippen molar-refractivity contribution >= 4 is 23.2 Å². The van der Waals surface area contributed by atoms with Crippen LogP contribution in [0, 0.1) is 10.1 Å². The van der Waals surface area contributed by atoms with Crippen LogP contribution in [0.2, 0.25) is 5.02 Å². The minimum absolute atomic E-state index is 0.0806. The molecule has 1 aromatic carbocycles. The third kappa shape index (κ3) is 3.33. The van der Waals surface area contributed by atoms with E-state index in [9.17, 15) is 14.9 Å². The molecule has 0 aliphatic carbocycles. The van der Waals surface area contributed by atoms with Gasteiger partial charge in [0.05, 0.1) is 10.5 Å². The fraction of sp³-hybridized carbons (Fsp3) is 0.500. The predicted molar refractivity (Wildman–Crippen MR) is 80.7 cm³/mol. The van der Waals surface area contributed by atoms with Crippen LogP contribution in [0.3, 0.4) is 0 Å². The zero-order chi connectivity index (χ0) is 15.6. The van der Waals surface area contributed by atoms with Gasteiger partial charge in [0, 0.05) is 25.2 Å². The Balaban J connectivity index is 2.27. The molecule has 0 bridgehead atoms. The summed E-state index contributed by atoms with van der Waals surface area (Å²) in [5.74, 6) is -0.229. The summed E-state index contributed by atoms with van der Waals surface area (Å²) in [6.07, 6.45) is 1.88. The van der Waals surface area contributed by atoms with Crippen molar-refractivity contribution in [2.75, 3.05) is 27.2 Å². The molecule has 6 nitrogen and oxygen atoms in total. The maximum Gasteiger partial charge on any atom is 0.288 e. The number of halogens is 1. The first-order valence-corrected chi connectivity index (χ1v) is 7.18. The van der Waals surface area contributed by atoms with E-state index in [1.807, 2.05) is 19.0 Å². The first kappa shape index (κ1) is 15.7. The van der Waals surface area contributed by atoms with Crippen LogP contribution in [-0.4, -0.2) is 53.9 Å². The van der Waals surface area contributed by atoms with E-state index >= 15 is 0 Å². The highest BCUT2D eigenvalue weighted by molar-refractivity contribution is 6.35. The van der Waals surface area contributed by atoms with Crippen LogP contribution in [0.25, 0.3) is 0 Å². The van der Waals surface area contributed by atoms with Gasteiger partial charge >= 0.3 is 0 Å². The molecule has 1 aliphatic heterocycles. The quantitative estimate of drug-likeness (QED) is 0.632. The number of nitro groups is 1. The average Bonchev–Trinajstić information content (AvgIpc) is 2.85. The van der Waals surface area contributed by atoms with E-state index in [0.717, 1.165) is 19.4 Å². The Morgan fingerprint density at radius 3 is 2.86 bits per heavy atom. The van der Waals surface area contributed by atoms with Crippen LogP contribution < -0.4 is 0 Å². The van der Waals surface area contributed by atoms with Crippen LogP contribution >= 0.6 is 11.6 Å². The molecule has 0 spiro atoms. The van der Waals surface area contributed by atoms with Gasteiger partial charge in [-0.15, -0.1) is 0 Å². The summed E-state index contributed by atoms with van der Waals surface area (Å²) < 4.78 is 0. The topological polar surface area (TPSA) is 66.7 Å². The number of likely N-dealkylation sites (tertiary alicyclic amines) is 1. The molecule has 1 atom stereocenters. The molecule has 0 aromatic heterocycles. The minimum atomic E-state index is -0.569. The van der Waals surface area contributed by atoms with Crippen LogP contribution in [0.4, 0.5) is 5.69 Å². The van der Waals surface area contributed by atoms with E-state index in [2.05, 4.69) is 0 Å². The van der Waals surface area contributed by atoms with Gasteiger partial charge in [-0.2, -0.15) is 0 Å². The van der Waals surface area contributed by atoms with Gasteiger partial charge in [-0.3, -0.25) is 14.9 Å². The van der Waals surface area contributed by atoms with Crippen LogP contribution in [-0.2, 0) is 0 Å². The van der Waals surface area contributed by atoms with E-state index in [1.165, 1.54) is 12.1 Å². The Kier molecular flexibility index (Phi) is 4.80. The number of likely N-dealkylation sites (N-methyl/N-ethyl adjacent to an activating group) is 1. The molecule has 0 N–H and O–H groups in total. The first-order valence-electron chi connectivity index (χ1n) is 6.80. The monoisotopic (exact) mass is 311 g/mol. The molecular weight excluding hydrogens is 294 g/mol. The highest BCUT2D eigenvalue weighted by Gasteiger charge is 2.32. The van der Waals surface area contributed by atoms with Gasteiger partial charge in [-0.05, 0) is 33.0 Å². The van der Waals surface area contributed by atoms with Crippen LogP contribution in [0.5, 0.6) is 0 Å². The van der Waals surface area contributed by atoms with Crippen molar-refractivity contribution in [3.8, 4) is 0 Å². The van der Waals surface area contributed by atoms with Gasteiger partial charge in [0.2, 0.25) is 0 Å². The molecular formula is C14H18ClN3O3. The summed E-state index contributed by atoms with van der Waals surface area (Å²) in [5.41, 5.74) is -0.0256. The van der Waals surface area contributed by atoms with Gasteiger partial charge in [-0.1, -0.05) is 17.7 Å². The molecule has 0 radical (unpaired) electrons. The number of hydrogen-bond donors (Lipinski definition) is 0. The fourth-order valence-electron chi connectivity index (χ4n) is 2.70. The molecule has 1 saturated heterocycles. The van der Waals surface area contributed by atoms with Gasteiger partial charge in [0.1, 0.15) is 5.02 Å². The maximum absolute atomic E-state index is 12.6. The standard InChI is InChI=1S/C14H18ClN3O3/c1-16(2)9-10-5-4-8-17(10)14(19)11-6-3-7-12(13(11)15)18(20)21/h3,6-7,10H,4-5,8-9H2,1-2H3. The predicted octanol–water partition coefficient (Wildman–Crippen LogP) is 2.41. The van der Waals surface area contributed by atoms with E-state index in [4.69, 9.17) is 11.6 Å².